The van der Waals surface area contributed by atoms with Gasteiger partial charge < -0.3 is 9.84 Å². The van der Waals surface area contributed by atoms with E-state index >= 15 is 0 Å². The number of aryl methyl sites for hydroxylation is 2. The number of rotatable bonds is 9. The lowest BCUT2D eigenvalue weighted by atomic mass is 10.3. The second-order valence-electron chi connectivity index (χ2n) is 5.10. The van der Waals surface area contributed by atoms with Gasteiger partial charge in [0.1, 0.15) is 12.4 Å². The van der Waals surface area contributed by atoms with E-state index in [1.807, 2.05) is 36.4 Å². The predicted octanol–water partition coefficient (Wildman–Crippen LogP) is 2.51. The highest BCUT2D eigenvalue weighted by Crippen LogP contribution is 2.17. The van der Waals surface area contributed by atoms with Crippen molar-refractivity contribution in [3.8, 4) is 5.75 Å². The van der Waals surface area contributed by atoms with Crippen LogP contribution in [0.15, 0.2) is 53.0 Å². The minimum absolute atomic E-state index is 0.244. The summed E-state index contributed by atoms with van der Waals surface area (Å²) < 4.78 is 7.32. The van der Waals surface area contributed by atoms with Gasteiger partial charge in [0.2, 0.25) is 5.16 Å². The molecule has 8 heteroatoms. The normalized spacial score (nSPS) is 12.2. The first-order valence-corrected chi connectivity index (χ1v) is 9.45. The third-order valence-electron chi connectivity index (χ3n) is 3.24. The SMILES string of the molecule is O[C@H](COc1ccccc1)CSc1nnnn1CCc1cccs1. The van der Waals surface area contributed by atoms with Crippen molar-refractivity contribution in [1.29, 1.82) is 0 Å². The number of nitrogens with zero attached hydrogens (tertiary/aromatic N) is 4. The highest BCUT2D eigenvalue weighted by atomic mass is 32.2. The lowest BCUT2D eigenvalue weighted by Crippen LogP contribution is -2.20. The average molecular weight is 362 g/mol. The molecule has 0 aliphatic heterocycles. The van der Waals surface area contributed by atoms with Crippen LogP contribution < -0.4 is 4.74 Å². The Hall–Kier alpha value is -1.90. The Morgan fingerprint density at radius 1 is 1.21 bits per heavy atom. The number of para-hydroxylation sites is 1. The Labute approximate surface area is 148 Å². The molecular weight excluding hydrogens is 344 g/mol. The maximum Gasteiger partial charge on any atom is 0.209 e. The molecule has 0 radical (unpaired) electrons. The summed E-state index contributed by atoms with van der Waals surface area (Å²) >= 11 is 3.16. The molecule has 0 bridgehead atoms. The van der Waals surface area contributed by atoms with Crippen molar-refractivity contribution < 1.29 is 9.84 Å². The molecule has 0 saturated heterocycles. The van der Waals surface area contributed by atoms with Crippen LogP contribution in [0.4, 0.5) is 0 Å². The van der Waals surface area contributed by atoms with E-state index in [0.717, 1.165) is 18.7 Å². The number of thioether (sulfide) groups is 1. The number of tetrazole rings is 1. The van der Waals surface area contributed by atoms with Crippen molar-refractivity contribution in [2.45, 2.75) is 24.2 Å². The van der Waals surface area contributed by atoms with E-state index in [9.17, 15) is 5.11 Å². The third-order valence-corrected chi connectivity index (χ3v) is 5.28. The standard InChI is InChI=1S/C16H18N4O2S2/c21-13(11-22-14-5-2-1-3-6-14)12-24-16-17-18-19-20(16)9-8-15-7-4-10-23-15/h1-7,10,13,21H,8-9,11-12H2/t13-/m1/s1. The molecule has 0 unspecified atom stereocenters. The first-order valence-electron chi connectivity index (χ1n) is 7.58. The van der Waals surface area contributed by atoms with E-state index in [4.69, 9.17) is 4.74 Å². The summed E-state index contributed by atoms with van der Waals surface area (Å²) in [5.41, 5.74) is 0. The summed E-state index contributed by atoms with van der Waals surface area (Å²) in [6, 6.07) is 13.6. The molecule has 0 fully saturated rings. The summed E-state index contributed by atoms with van der Waals surface area (Å²) in [6.45, 7) is 0.972. The van der Waals surface area contributed by atoms with Gasteiger partial charge in [0, 0.05) is 17.1 Å². The van der Waals surface area contributed by atoms with Crippen LogP contribution in [0.25, 0.3) is 0 Å². The van der Waals surface area contributed by atoms with Gasteiger partial charge in [0.25, 0.3) is 0 Å². The summed E-state index contributed by atoms with van der Waals surface area (Å²) in [4.78, 5) is 1.30. The van der Waals surface area contributed by atoms with E-state index in [1.165, 1.54) is 16.6 Å². The van der Waals surface area contributed by atoms with Crippen LogP contribution in [-0.2, 0) is 13.0 Å². The van der Waals surface area contributed by atoms with Gasteiger partial charge in [0.15, 0.2) is 0 Å². The fourth-order valence-electron chi connectivity index (χ4n) is 2.04. The van der Waals surface area contributed by atoms with Gasteiger partial charge in [-0.15, -0.1) is 16.4 Å². The fraction of sp³-hybridized carbons (Fsp3) is 0.312. The van der Waals surface area contributed by atoms with Crippen LogP contribution in [0.5, 0.6) is 5.75 Å². The molecule has 0 amide bonds. The molecule has 0 saturated carbocycles. The fourth-order valence-corrected chi connectivity index (χ4v) is 3.55. The Balaban J connectivity index is 1.43. The zero-order valence-electron chi connectivity index (χ0n) is 13.0. The van der Waals surface area contributed by atoms with E-state index < -0.39 is 6.10 Å². The summed E-state index contributed by atoms with van der Waals surface area (Å²) in [5.74, 6) is 1.23. The van der Waals surface area contributed by atoms with Crippen molar-refractivity contribution in [2.24, 2.45) is 0 Å². The number of benzene rings is 1. The molecule has 24 heavy (non-hydrogen) atoms. The Bertz CT molecular complexity index is 719. The van der Waals surface area contributed by atoms with E-state index in [2.05, 4.69) is 27.0 Å². The van der Waals surface area contributed by atoms with Crippen LogP contribution in [0, 0.1) is 0 Å². The van der Waals surface area contributed by atoms with Gasteiger partial charge in [-0.25, -0.2) is 4.68 Å². The molecule has 0 aliphatic rings. The minimum atomic E-state index is -0.586. The van der Waals surface area contributed by atoms with Crippen molar-refractivity contribution in [3.63, 3.8) is 0 Å². The largest absolute Gasteiger partial charge is 0.491 e. The smallest absolute Gasteiger partial charge is 0.209 e. The summed E-state index contributed by atoms with van der Waals surface area (Å²) in [6.07, 6.45) is 0.313. The van der Waals surface area contributed by atoms with Gasteiger partial charge in [-0.05, 0) is 34.0 Å². The quantitative estimate of drug-likeness (QED) is 0.590. The zero-order valence-corrected chi connectivity index (χ0v) is 14.6. The van der Waals surface area contributed by atoms with E-state index in [-0.39, 0.29) is 6.61 Å². The molecule has 0 aliphatic carbocycles. The Morgan fingerprint density at radius 3 is 2.88 bits per heavy atom. The molecule has 126 valence electrons. The lowest BCUT2D eigenvalue weighted by molar-refractivity contribution is 0.126. The molecular formula is C16H18N4O2S2. The first-order chi connectivity index (χ1) is 11.8. The summed E-state index contributed by atoms with van der Waals surface area (Å²) in [5, 5.41) is 24.6. The minimum Gasteiger partial charge on any atom is -0.491 e. The molecule has 6 nitrogen and oxygen atoms in total. The maximum atomic E-state index is 10.1. The van der Waals surface area contributed by atoms with Gasteiger partial charge in [-0.1, -0.05) is 36.0 Å². The van der Waals surface area contributed by atoms with E-state index in [0.29, 0.717) is 10.9 Å². The van der Waals surface area contributed by atoms with Gasteiger partial charge >= 0.3 is 0 Å². The maximum absolute atomic E-state index is 10.1. The molecule has 3 aromatic rings. The number of aliphatic hydroxyl groups is 1. The monoisotopic (exact) mass is 362 g/mol. The van der Waals surface area contributed by atoms with E-state index in [1.54, 1.807) is 16.0 Å². The number of aliphatic hydroxyl groups excluding tert-OH is 1. The number of thiophene rings is 1. The molecule has 2 aromatic heterocycles. The van der Waals surface area contributed by atoms with Crippen molar-refractivity contribution >= 4 is 23.1 Å². The van der Waals surface area contributed by atoms with Crippen LogP contribution in [0.3, 0.4) is 0 Å². The topological polar surface area (TPSA) is 73.1 Å². The second-order valence-corrected chi connectivity index (χ2v) is 7.12. The molecule has 2 heterocycles. The van der Waals surface area contributed by atoms with Crippen molar-refractivity contribution in [3.05, 3.63) is 52.7 Å². The zero-order chi connectivity index (χ0) is 16.6. The second kappa shape index (κ2) is 8.81. The molecule has 1 aromatic carbocycles. The van der Waals surface area contributed by atoms with Crippen LogP contribution in [-0.4, -0.2) is 43.8 Å². The molecule has 3 rings (SSSR count). The van der Waals surface area contributed by atoms with Gasteiger partial charge in [0.05, 0.1) is 12.6 Å². The number of ether oxygens (including phenoxy) is 1. The molecule has 1 atom stereocenters. The van der Waals surface area contributed by atoms with Crippen molar-refractivity contribution in [2.75, 3.05) is 12.4 Å². The van der Waals surface area contributed by atoms with Crippen molar-refractivity contribution in [1.82, 2.24) is 20.2 Å². The van der Waals surface area contributed by atoms with Crippen LogP contribution >= 0.6 is 23.1 Å². The Morgan fingerprint density at radius 2 is 2.08 bits per heavy atom. The van der Waals surface area contributed by atoms with Gasteiger partial charge in [-0.2, -0.15) is 0 Å². The molecule has 0 spiro atoms. The highest BCUT2D eigenvalue weighted by molar-refractivity contribution is 7.99. The number of hydrogen-bond acceptors (Lipinski definition) is 7. The lowest BCUT2D eigenvalue weighted by Gasteiger charge is -2.11. The number of aromatic nitrogens is 4. The highest BCUT2D eigenvalue weighted by Gasteiger charge is 2.12. The average Bonchev–Trinajstić information content (AvgIpc) is 3.28. The van der Waals surface area contributed by atoms with Crippen LogP contribution in [0.2, 0.25) is 0 Å². The third kappa shape index (κ3) is 5.05. The molecule has 1 N–H and O–H groups in total. The first kappa shape index (κ1) is 16.9. The summed E-state index contributed by atoms with van der Waals surface area (Å²) in [7, 11) is 0. The predicted molar refractivity (Wildman–Crippen MR) is 94.5 cm³/mol. The number of hydrogen-bond donors (Lipinski definition) is 1. The van der Waals surface area contributed by atoms with Crippen LogP contribution in [0.1, 0.15) is 4.88 Å². The Kier molecular flexibility index (Phi) is 6.22. The van der Waals surface area contributed by atoms with Gasteiger partial charge in [-0.3, -0.25) is 0 Å².